The summed E-state index contributed by atoms with van der Waals surface area (Å²) in [5, 5.41) is 4.39. The second-order valence-corrected chi connectivity index (χ2v) is 4.14. The van der Waals surface area contributed by atoms with Crippen LogP contribution in [0.4, 0.5) is 0 Å². The van der Waals surface area contributed by atoms with Crippen LogP contribution in [-0.4, -0.2) is 18.6 Å². The smallest absolute Gasteiger partial charge is 0.0457 e. The Balaban J connectivity index is 2.13. The first-order valence-corrected chi connectivity index (χ1v) is 5.79. The Labute approximate surface area is 96.0 Å². The zero-order valence-corrected chi connectivity index (χ0v) is 9.66. The maximum Gasteiger partial charge on any atom is 0.0457 e. The fourth-order valence-electron chi connectivity index (χ4n) is 2.05. The third kappa shape index (κ3) is 2.26. The minimum atomic E-state index is 0.129. The molecule has 0 radical (unpaired) electrons. The van der Waals surface area contributed by atoms with Crippen LogP contribution in [0.3, 0.4) is 0 Å². The fraction of sp³-hybridized carbons (Fsp3) is 0.385. The van der Waals surface area contributed by atoms with Crippen LogP contribution in [0, 0.1) is 0 Å². The van der Waals surface area contributed by atoms with Crippen molar-refractivity contribution in [2.24, 2.45) is 5.73 Å². The normalized spacial score (nSPS) is 13.1. The molecule has 0 amide bonds. The second kappa shape index (κ2) is 5.14. The molecule has 1 aromatic carbocycles. The minimum Gasteiger partial charge on any atom is -0.361 e. The van der Waals surface area contributed by atoms with Gasteiger partial charge < -0.3 is 16.0 Å². The van der Waals surface area contributed by atoms with E-state index in [1.807, 2.05) is 19.3 Å². The summed E-state index contributed by atoms with van der Waals surface area (Å²) in [6.07, 6.45) is 4.16. The van der Waals surface area contributed by atoms with Crippen molar-refractivity contribution < 1.29 is 0 Å². The van der Waals surface area contributed by atoms with E-state index in [4.69, 9.17) is 5.73 Å². The van der Waals surface area contributed by atoms with Crippen molar-refractivity contribution in [2.45, 2.75) is 18.9 Å². The van der Waals surface area contributed by atoms with Crippen molar-refractivity contribution in [3.8, 4) is 0 Å². The summed E-state index contributed by atoms with van der Waals surface area (Å²) in [6, 6.07) is 8.43. The van der Waals surface area contributed by atoms with Gasteiger partial charge in [-0.15, -0.1) is 0 Å². The summed E-state index contributed by atoms with van der Waals surface area (Å²) < 4.78 is 0. The molecule has 1 atom stereocenters. The van der Waals surface area contributed by atoms with Gasteiger partial charge in [-0.05, 0) is 38.1 Å². The number of fused-ring (bicyclic) bond motifs is 1. The molecule has 16 heavy (non-hydrogen) atoms. The first kappa shape index (κ1) is 11.2. The Bertz CT molecular complexity index is 447. The van der Waals surface area contributed by atoms with Gasteiger partial charge in [0.05, 0.1) is 0 Å². The molecule has 0 saturated heterocycles. The van der Waals surface area contributed by atoms with E-state index in [-0.39, 0.29) is 6.04 Å². The van der Waals surface area contributed by atoms with Gasteiger partial charge in [0, 0.05) is 23.1 Å². The molecule has 0 bridgehead atoms. The Morgan fingerprint density at radius 2 is 2.19 bits per heavy atom. The summed E-state index contributed by atoms with van der Waals surface area (Å²) in [5.74, 6) is 0. The number of aromatic nitrogens is 1. The lowest BCUT2D eigenvalue weighted by molar-refractivity contribution is 0.593. The van der Waals surface area contributed by atoms with Gasteiger partial charge in [0.1, 0.15) is 0 Å². The third-order valence-corrected chi connectivity index (χ3v) is 2.96. The van der Waals surface area contributed by atoms with Crippen molar-refractivity contribution in [3.05, 3.63) is 36.0 Å². The number of para-hydroxylation sites is 1. The van der Waals surface area contributed by atoms with Crippen molar-refractivity contribution in [2.75, 3.05) is 13.6 Å². The highest BCUT2D eigenvalue weighted by Crippen LogP contribution is 2.24. The van der Waals surface area contributed by atoms with Crippen LogP contribution in [0.2, 0.25) is 0 Å². The molecule has 0 aliphatic heterocycles. The number of rotatable bonds is 5. The van der Waals surface area contributed by atoms with Crippen LogP contribution in [0.5, 0.6) is 0 Å². The quantitative estimate of drug-likeness (QED) is 0.672. The number of benzene rings is 1. The first-order valence-electron chi connectivity index (χ1n) is 5.79. The predicted octanol–water partition coefficient (Wildman–Crippen LogP) is 2.17. The van der Waals surface area contributed by atoms with Crippen LogP contribution in [0.1, 0.15) is 24.4 Å². The molecule has 0 spiro atoms. The summed E-state index contributed by atoms with van der Waals surface area (Å²) >= 11 is 0. The molecule has 1 heterocycles. The Morgan fingerprint density at radius 3 is 3.00 bits per heavy atom. The lowest BCUT2D eigenvalue weighted by atomic mass is 10.0. The maximum absolute atomic E-state index is 6.20. The zero-order chi connectivity index (χ0) is 11.4. The molecule has 2 aromatic rings. The lowest BCUT2D eigenvalue weighted by Crippen LogP contribution is -2.14. The average molecular weight is 217 g/mol. The molecule has 86 valence electrons. The van der Waals surface area contributed by atoms with E-state index in [1.54, 1.807) is 0 Å². The Hall–Kier alpha value is -1.32. The number of hydrogen-bond acceptors (Lipinski definition) is 2. The standard InChI is InChI=1S/C13H19N3/c1-15-8-4-6-12(14)11-9-16-13-7-3-2-5-10(11)13/h2-3,5,7,9,12,15-16H,4,6,8,14H2,1H3. The molecular weight excluding hydrogens is 198 g/mol. The highest BCUT2D eigenvalue weighted by Gasteiger charge is 2.10. The summed E-state index contributed by atoms with van der Waals surface area (Å²) in [7, 11) is 1.97. The molecule has 0 saturated carbocycles. The highest BCUT2D eigenvalue weighted by atomic mass is 14.8. The maximum atomic E-state index is 6.20. The van der Waals surface area contributed by atoms with E-state index in [2.05, 4.69) is 28.5 Å². The summed E-state index contributed by atoms with van der Waals surface area (Å²) in [6.45, 7) is 1.02. The van der Waals surface area contributed by atoms with E-state index in [9.17, 15) is 0 Å². The van der Waals surface area contributed by atoms with Gasteiger partial charge in [-0.2, -0.15) is 0 Å². The van der Waals surface area contributed by atoms with E-state index >= 15 is 0 Å². The fourth-order valence-corrected chi connectivity index (χ4v) is 2.05. The lowest BCUT2D eigenvalue weighted by Gasteiger charge is -2.10. The van der Waals surface area contributed by atoms with Crippen molar-refractivity contribution >= 4 is 10.9 Å². The largest absolute Gasteiger partial charge is 0.361 e. The van der Waals surface area contributed by atoms with Crippen molar-refractivity contribution in [1.82, 2.24) is 10.3 Å². The number of H-pyrrole nitrogens is 1. The van der Waals surface area contributed by atoms with Crippen LogP contribution in [0.25, 0.3) is 10.9 Å². The SMILES string of the molecule is CNCCCC(N)c1c[nH]c2ccccc12. The van der Waals surface area contributed by atoms with Gasteiger partial charge in [-0.25, -0.2) is 0 Å². The van der Waals surface area contributed by atoms with Crippen LogP contribution in [-0.2, 0) is 0 Å². The van der Waals surface area contributed by atoms with Gasteiger partial charge >= 0.3 is 0 Å². The van der Waals surface area contributed by atoms with Crippen LogP contribution in [0.15, 0.2) is 30.5 Å². The average Bonchev–Trinajstić information content (AvgIpc) is 2.73. The molecule has 4 N–H and O–H groups in total. The number of nitrogens with one attached hydrogen (secondary N) is 2. The van der Waals surface area contributed by atoms with Gasteiger partial charge in [0.25, 0.3) is 0 Å². The monoisotopic (exact) mass is 217 g/mol. The topological polar surface area (TPSA) is 53.8 Å². The zero-order valence-electron chi connectivity index (χ0n) is 9.66. The predicted molar refractivity (Wildman–Crippen MR) is 68.4 cm³/mol. The first-order chi connectivity index (χ1) is 7.83. The van der Waals surface area contributed by atoms with Crippen LogP contribution < -0.4 is 11.1 Å². The van der Waals surface area contributed by atoms with Gasteiger partial charge in [-0.3, -0.25) is 0 Å². The van der Waals surface area contributed by atoms with E-state index in [0.29, 0.717) is 0 Å². The highest BCUT2D eigenvalue weighted by molar-refractivity contribution is 5.83. The summed E-state index contributed by atoms with van der Waals surface area (Å²) in [4.78, 5) is 3.26. The van der Waals surface area contributed by atoms with Crippen molar-refractivity contribution in [3.63, 3.8) is 0 Å². The molecule has 3 heteroatoms. The second-order valence-electron chi connectivity index (χ2n) is 4.14. The molecule has 0 aliphatic rings. The molecular formula is C13H19N3. The molecule has 1 unspecified atom stereocenters. The molecule has 1 aromatic heterocycles. The minimum absolute atomic E-state index is 0.129. The molecule has 2 rings (SSSR count). The van der Waals surface area contributed by atoms with E-state index in [1.165, 1.54) is 16.5 Å². The number of nitrogens with two attached hydrogens (primary N) is 1. The van der Waals surface area contributed by atoms with Gasteiger partial charge in [0.2, 0.25) is 0 Å². The van der Waals surface area contributed by atoms with Gasteiger partial charge in [0.15, 0.2) is 0 Å². The van der Waals surface area contributed by atoms with E-state index in [0.717, 1.165) is 19.4 Å². The van der Waals surface area contributed by atoms with Gasteiger partial charge in [-0.1, -0.05) is 18.2 Å². The number of aromatic amines is 1. The molecule has 0 aliphatic carbocycles. The Kier molecular flexibility index (Phi) is 3.59. The molecule has 0 fully saturated rings. The van der Waals surface area contributed by atoms with E-state index < -0.39 is 0 Å². The number of hydrogen-bond donors (Lipinski definition) is 3. The van der Waals surface area contributed by atoms with Crippen LogP contribution >= 0.6 is 0 Å². The van der Waals surface area contributed by atoms with Crippen molar-refractivity contribution in [1.29, 1.82) is 0 Å². The third-order valence-electron chi connectivity index (χ3n) is 2.96. The molecule has 3 nitrogen and oxygen atoms in total. The summed E-state index contributed by atoms with van der Waals surface area (Å²) in [5.41, 5.74) is 8.60. The Morgan fingerprint density at radius 1 is 1.38 bits per heavy atom.